The summed E-state index contributed by atoms with van der Waals surface area (Å²) in [5, 5.41) is 5.65. The number of rotatable bonds is 5. The van der Waals surface area contributed by atoms with Crippen LogP contribution in [0.25, 0.3) is 16.5 Å². The first-order valence-corrected chi connectivity index (χ1v) is 10.1. The second kappa shape index (κ2) is 7.59. The summed E-state index contributed by atoms with van der Waals surface area (Å²) in [7, 11) is 0. The second-order valence-electron chi connectivity index (χ2n) is 7.60. The number of para-hydroxylation sites is 1. The smallest absolute Gasteiger partial charge is 0.279 e. The molecule has 0 unspecified atom stereocenters. The van der Waals surface area contributed by atoms with E-state index in [-0.39, 0.29) is 17.5 Å². The maximum atomic E-state index is 13.7. The summed E-state index contributed by atoms with van der Waals surface area (Å²) in [5.74, 6) is -0.137. The number of hydrogen-bond acceptors (Lipinski definition) is 3. The Bertz CT molecular complexity index is 1260. The summed E-state index contributed by atoms with van der Waals surface area (Å²) >= 11 is 0. The molecule has 1 aliphatic rings. The summed E-state index contributed by atoms with van der Waals surface area (Å²) < 4.78 is 1.34. The highest BCUT2D eigenvalue weighted by molar-refractivity contribution is 6.05. The van der Waals surface area contributed by atoms with E-state index in [0.29, 0.717) is 28.7 Å². The standard InChI is InChI=1S/C25H21N3O2/c29-24-22-14-8-7-13-21(22)23(26-28(24)20-11-5-2-6-12-20)25(30)27(19-15-16-19)17-18-9-3-1-4-10-18/h1-14,19H,15-17H2. The molecule has 1 fully saturated rings. The van der Waals surface area contributed by atoms with Gasteiger partial charge in [0, 0.05) is 18.0 Å². The number of fused-ring (bicyclic) bond motifs is 1. The number of hydrogen-bond donors (Lipinski definition) is 0. The minimum absolute atomic E-state index is 0.137. The Morgan fingerprint density at radius 2 is 1.47 bits per heavy atom. The Hall–Kier alpha value is -3.73. The average Bonchev–Trinajstić information content (AvgIpc) is 3.64. The molecule has 0 atom stereocenters. The third-order valence-electron chi connectivity index (χ3n) is 5.45. The van der Waals surface area contributed by atoms with Gasteiger partial charge in [0.1, 0.15) is 0 Å². The summed E-state index contributed by atoms with van der Waals surface area (Å²) in [6, 6.07) is 26.7. The fraction of sp³-hybridized carbons (Fsp3) is 0.160. The quantitative estimate of drug-likeness (QED) is 0.509. The van der Waals surface area contributed by atoms with E-state index in [2.05, 4.69) is 5.10 Å². The van der Waals surface area contributed by atoms with Gasteiger partial charge in [-0.3, -0.25) is 9.59 Å². The van der Waals surface area contributed by atoms with E-state index in [1.165, 1.54) is 4.68 Å². The van der Waals surface area contributed by atoms with Gasteiger partial charge in [-0.25, -0.2) is 0 Å². The maximum absolute atomic E-state index is 13.7. The van der Waals surface area contributed by atoms with Crippen molar-refractivity contribution in [3.63, 3.8) is 0 Å². The molecule has 5 nitrogen and oxygen atoms in total. The zero-order chi connectivity index (χ0) is 20.5. The van der Waals surface area contributed by atoms with Gasteiger partial charge in [0.25, 0.3) is 11.5 Å². The van der Waals surface area contributed by atoms with E-state index in [9.17, 15) is 9.59 Å². The van der Waals surface area contributed by atoms with Crippen molar-refractivity contribution in [2.24, 2.45) is 0 Å². The van der Waals surface area contributed by atoms with Crippen LogP contribution in [-0.4, -0.2) is 26.6 Å². The monoisotopic (exact) mass is 395 g/mol. The molecule has 0 saturated heterocycles. The normalized spacial score (nSPS) is 13.3. The van der Waals surface area contributed by atoms with E-state index < -0.39 is 0 Å². The molecule has 148 valence electrons. The van der Waals surface area contributed by atoms with E-state index in [1.807, 2.05) is 77.7 Å². The molecule has 0 spiro atoms. The summed E-state index contributed by atoms with van der Waals surface area (Å²) in [6.45, 7) is 0.533. The number of carbonyl (C=O) groups excluding carboxylic acids is 1. The van der Waals surface area contributed by atoms with Crippen molar-refractivity contribution in [1.29, 1.82) is 0 Å². The van der Waals surface area contributed by atoms with E-state index >= 15 is 0 Å². The molecule has 1 saturated carbocycles. The first-order chi connectivity index (χ1) is 14.7. The predicted octanol–water partition coefficient (Wildman–Crippen LogP) is 4.19. The highest BCUT2D eigenvalue weighted by atomic mass is 16.2. The topological polar surface area (TPSA) is 55.2 Å². The number of benzene rings is 3. The minimum atomic E-state index is -0.227. The van der Waals surface area contributed by atoms with Gasteiger partial charge in [-0.1, -0.05) is 66.7 Å². The van der Waals surface area contributed by atoms with Crippen molar-refractivity contribution < 1.29 is 4.79 Å². The highest BCUT2D eigenvalue weighted by Gasteiger charge is 2.34. The molecule has 5 rings (SSSR count). The Kier molecular flexibility index (Phi) is 4.64. The molecule has 30 heavy (non-hydrogen) atoms. The van der Waals surface area contributed by atoms with Gasteiger partial charge in [0.2, 0.25) is 0 Å². The van der Waals surface area contributed by atoms with Gasteiger partial charge in [-0.15, -0.1) is 0 Å². The predicted molar refractivity (Wildman–Crippen MR) is 117 cm³/mol. The van der Waals surface area contributed by atoms with Gasteiger partial charge < -0.3 is 4.90 Å². The fourth-order valence-corrected chi connectivity index (χ4v) is 3.76. The average molecular weight is 395 g/mol. The molecule has 0 N–H and O–H groups in total. The van der Waals surface area contributed by atoms with Crippen molar-refractivity contribution in [2.75, 3.05) is 0 Å². The molecule has 0 aliphatic heterocycles. The Morgan fingerprint density at radius 3 is 2.13 bits per heavy atom. The lowest BCUT2D eigenvalue weighted by Gasteiger charge is -2.23. The van der Waals surface area contributed by atoms with Gasteiger partial charge in [-0.05, 0) is 36.6 Å². The third kappa shape index (κ3) is 3.39. The van der Waals surface area contributed by atoms with Crippen molar-refractivity contribution in [1.82, 2.24) is 14.7 Å². The number of amides is 1. The van der Waals surface area contributed by atoms with Gasteiger partial charge >= 0.3 is 0 Å². The molecule has 1 aromatic heterocycles. The molecule has 1 aliphatic carbocycles. The minimum Gasteiger partial charge on any atom is -0.330 e. The molecule has 4 aromatic rings. The van der Waals surface area contributed by atoms with Crippen LogP contribution in [0, 0.1) is 0 Å². The highest BCUT2D eigenvalue weighted by Crippen LogP contribution is 2.30. The van der Waals surface area contributed by atoms with E-state index in [1.54, 1.807) is 12.1 Å². The molecular weight excluding hydrogens is 374 g/mol. The van der Waals surface area contributed by atoms with Gasteiger partial charge in [0.05, 0.1) is 11.1 Å². The Labute approximate surface area is 174 Å². The maximum Gasteiger partial charge on any atom is 0.279 e. The first-order valence-electron chi connectivity index (χ1n) is 10.1. The van der Waals surface area contributed by atoms with Crippen molar-refractivity contribution in [2.45, 2.75) is 25.4 Å². The van der Waals surface area contributed by atoms with Crippen molar-refractivity contribution in [3.8, 4) is 5.69 Å². The molecule has 3 aromatic carbocycles. The van der Waals surface area contributed by atoms with Crippen molar-refractivity contribution in [3.05, 3.63) is 107 Å². The van der Waals surface area contributed by atoms with Crippen LogP contribution in [0.3, 0.4) is 0 Å². The van der Waals surface area contributed by atoms with Crippen LogP contribution in [0.4, 0.5) is 0 Å². The molecule has 0 bridgehead atoms. The van der Waals surface area contributed by atoms with Gasteiger partial charge in [-0.2, -0.15) is 9.78 Å². The zero-order valence-electron chi connectivity index (χ0n) is 16.4. The van der Waals surface area contributed by atoms with E-state index in [0.717, 1.165) is 18.4 Å². The number of carbonyl (C=O) groups is 1. The van der Waals surface area contributed by atoms with Crippen LogP contribution in [0.1, 0.15) is 28.9 Å². The second-order valence-corrected chi connectivity index (χ2v) is 7.60. The first kappa shape index (κ1) is 18.3. The van der Waals surface area contributed by atoms with Crippen LogP contribution in [-0.2, 0) is 6.54 Å². The largest absolute Gasteiger partial charge is 0.330 e. The lowest BCUT2D eigenvalue weighted by atomic mass is 10.1. The van der Waals surface area contributed by atoms with Gasteiger partial charge in [0.15, 0.2) is 5.69 Å². The lowest BCUT2D eigenvalue weighted by Crippen LogP contribution is -2.35. The fourth-order valence-electron chi connectivity index (χ4n) is 3.76. The van der Waals surface area contributed by atoms with Crippen LogP contribution in [0.15, 0.2) is 89.7 Å². The summed E-state index contributed by atoms with van der Waals surface area (Å²) in [5.41, 5.74) is 1.81. The van der Waals surface area contributed by atoms with E-state index in [4.69, 9.17) is 0 Å². The molecule has 1 amide bonds. The molecule has 0 radical (unpaired) electrons. The Morgan fingerprint density at radius 1 is 0.867 bits per heavy atom. The third-order valence-corrected chi connectivity index (χ3v) is 5.45. The zero-order valence-corrected chi connectivity index (χ0v) is 16.4. The summed E-state index contributed by atoms with van der Waals surface area (Å²) in [6.07, 6.45) is 1.99. The molecule has 5 heteroatoms. The Balaban J connectivity index is 1.64. The number of aromatic nitrogens is 2. The van der Waals surface area contributed by atoms with Crippen LogP contribution < -0.4 is 5.56 Å². The molecular formula is C25H21N3O2. The summed E-state index contributed by atoms with van der Waals surface area (Å²) in [4.78, 5) is 28.7. The SMILES string of the molecule is O=C(c1nn(-c2ccccc2)c(=O)c2ccccc12)N(Cc1ccccc1)C1CC1. The van der Waals surface area contributed by atoms with Crippen molar-refractivity contribution >= 4 is 16.7 Å². The molecule has 1 heterocycles. The number of nitrogens with zero attached hydrogens (tertiary/aromatic N) is 3. The van der Waals surface area contributed by atoms with Crippen LogP contribution >= 0.6 is 0 Å². The lowest BCUT2D eigenvalue weighted by molar-refractivity contribution is 0.0724. The van der Waals surface area contributed by atoms with Crippen LogP contribution in [0.2, 0.25) is 0 Å². The van der Waals surface area contributed by atoms with Crippen LogP contribution in [0.5, 0.6) is 0 Å².